The molecule has 4 atom stereocenters. The van der Waals surface area contributed by atoms with Gasteiger partial charge in [0.05, 0.1) is 22.8 Å². The Morgan fingerprint density at radius 2 is 1.97 bits per heavy atom. The number of ether oxygens (including phenoxy) is 2. The Bertz CT molecular complexity index is 1350. The smallest absolute Gasteiger partial charge is 0.269 e. The van der Waals surface area contributed by atoms with Crippen LogP contribution in [-0.2, 0) is 18.4 Å². The summed E-state index contributed by atoms with van der Waals surface area (Å²) in [6.45, 7) is 1.77. The van der Waals surface area contributed by atoms with Crippen LogP contribution in [0.1, 0.15) is 18.7 Å². The summed E-state index contributed by atoms with van der Waals surface area (Å²) in [5.74, 6) is 0.600. The number of nitro groups is 1. The van der Waals surface area contributed by atoms with Gasteiger partial charge in [0.2, 0.25) is 5.88 Å². The first kappa shape index (κ1) is 21.9. The lowest BCUT2D eigenvalue weighted by Crippen LogP contribution is -2.30. The minimum absolute atomic E-state index is 0.0143. The van der Waals surface area contributed by atoms with E-state index in [0.29, 0.717) is 28.1 Å². The van der Waals surface area contributed by atoms with Crippen molar-refractivity contribution in [2.24, 2.45) is 7.05 Å². The molecule has 176 valence electrons. The fourth-order valence-electron chi connectivity index (χ4n) is 3.88. The molecule has 1 saturated heterocycles. The zero-order valence-electron chi connectivity index (χ0n) is 18.2. The molecule has 4 heterocycles. The number of rotatable bonds is 6. The predicted octanol–water partition coefficient (Wildman–Crippen LogP) is 1.35. The highest BCUT2D eigenvalue weighted by atomic mass is 16.6. The standard InChI is InChI=1S/C21H21N7O6/c1-11-16(29)17(30)21(34-11)27-18(13-7-24-26(2)8-13)25-15-19(27)22-10-23-20(15)33-9-12-3-5-14(6-4-12)28(31)32/h3-8,10-11,16-17,21,29-30H,9H2,1-2H3/t11-,16-,17-,21-/m1/s1. The number of nitro benzene ring substituents is 1. The van der Waals surface area contributed by atoms with Gasteiger partial charge < -0.3 is 19.7 Å². The average Bonchev–Trinajstić information content (AvgIpc) is 3.50. The molecule has 1 aromatic carbocycles. The number of imidazole rings is 1. The van der Waals surface area contributed by atoms with Gasteiger partial charge >= 0.3 is 0 Å². The largest absolute Gasteiger partial charge is 0.471 e. The number of aryl methyl sites for hydroxylation is 1. The number of nitrogens with zero attached hydrogens (tertiary/aromatic N) is 7. The highest BCUT2D eigenvalue weighted by Gasteiger charge is 2.43. The van der Waals surface area contributed by atoms with Gasteiger partial charge in [0, 0.05) is 25.4 Å². The summed E-state index contributed by atoms with van der Waals surface area (Å²) >= 11 is 0. The van der Waals surface area contributed by atoms with Crippen LogP contribution in [0.2, 0.25) is 0 Å². The van der Waals surface area contributed by atoms with Crippen LogP contribution in [0.15, 0.2) is 43.0 Å². The van der Waals surface area contributed by atoms with Crippen molar-refractivity contribution in [1.29, 1.82) is 0 Å². The fourth-order valence-corrected chi connectivity index (χ4v) is 3.88. The molecule has 1 aliphatic heterocycles. The first-order chi connectivity index (χ1) is 16.3. The third-order valence-electron chi connectivity index (χ3n) is 5.66. The molecule has 3 aromatic heterocycles. The quantitative estimate of drug-likeness (QED) is 0.312. The van der Waals surface area contributed by atoms with Gasteiger partial charge in [-0.3, -0.25) is 19.4 Å². The van der Waals surface area contributed by atoms with Crippen molar-refractivity contribution in [2.45, 2.75) is 38.1 Å². The first-order valence-electron chi connectivity index (χ1n) is 10.4. The number of aliphatic hydroxyl groups excluding tert-OH is 2. The molecule has 13 heteroatoms. The van der Waals surface area contributed by atoms with Gasteiger partial charge in [-0.05, 0) is 24.6 Å². The summed E-state index contributed by atoms with van der Waals surface area (Å²) in [6.07, 6.45) is 0.848. The van der Waals surface area contributed by atoms with Crippen LogP contribution in [0.25, 0.3) is 22.6 Å². The van der Waals surface area contributed by atoms with E-state index in [1.807, 2.05) is 0 Å². The second-order valence-electron chi connectivity index (χ2n) is 7.98. The van der Waals surface area contributed by atoms with E-state index in [1.54, 1.807) is 47.7 Å². The minimum atomic E-state index is -1.21. The molecule has 0 spiro atoms. The lowest BCUT2D eigenvalue weighted by atomic mass is 10.1. The van der Waals surface area contributed by atoms with Crippen LogP contribution < -0.4 is 4.74 Å². The fraction of sp³-hybridized carbons (Fsp3) is 0.333. The van der Waals surface area contributed by atoms with Crippen molar-refractivity contribution in [2.75, 3.05) is 0 Å². The zero-order valence-corrected chi connectivity index (χ0v) is 18.2. The van der Waals surface area contributed by atoms with Gasteiger partial charge in [-0.1, -0.05) is 0 Å². The highest BCUT2D eigenvalue weighted by molar-refractivity contribution is 5.81. The Morgan fingerprint density at radius 1 is 1.21 bits per heavy atom. The van der Waals surface area contributed by atoms with Crippen LogP contribution in [0, 0.1) is 10.1 Å². The number of aliphatic hydroxyl groups is 2. The molecule has 34 heavy (non-hydrogen) atoms. The Kier molecular flexibility index (Phi) is 5.43. The molecule has 1 fully saturated rings. The molecule has 0 unspecified atom stereocenters. The average molecular weight is 467 g/mol. The summed E-state index contributed by atoms with van der Waals surface area (Å²) < 4.78 is 14.9. The van der Waals surface area contributed by atoms with Gasteiger partial charge in [-0.2, -0.15) is 10.1 Å². The second kappa shape index (κ2) is 8.44. The highest BCUT2D eigenvalue weighted by Crippen LogP contribution is 2.37. The third kappa shape index (κ3) is 3.75. The normalized spacial score (nSPS) is 22.4. The molecule has 1 aliphatic rings. The monoisotopic (exact) mass is 467 g/mol. The van der Waals surface area contributed by atoms with Crippen LogP contribution in [0.4, 0.5) is 5.69 Å². The number of non-ortho nitro benzene ring substituents is 1. The lowest BCUT2D eigenvalue weighted by molar-refractivity contribution is -0.384. The SMILES string of the molecule is C[C@H]1O[C@@H](n2c(-c3cnn(C)c3)nc3c(OCc4ccc([N+](=O)[O-])cc4)ncnc32)[C@H](O)[C@@H]1O. The van der Waals surface area contributed by atoms with Gasteiger partial charge in [0.15, 0.2) is 17.4 Å². The molecule has 0 aliphatic carbocycles. The Labute approximate surface area is 192 Å². The van der Waals surface area contributed by atoms with E-state index in [1.165, 1.54) is 18.5 Å². The van der Waals surface area contributed by atoms with Crippen LogP contribution >= 0.6 is 0 Å². The number of fused-ring (bicyclic) bond motifs is 1. The topological polar surface area (TPSA) is 163 Å². The molecular formula is C21H21N7O6. The second-order valence-corrected chi connectivity index (χ2v) is 7.98. The number of hydrogen-bond donors (Lipinski definition) is 2. The van der Waals surface area contributed by atoms with E-state index < -0.39 is 29.5 Å². The van der Waals surface area contributed by atoms with Gasteiger partial charge in [0.25, 0.3) is 5.69 Å². The zero-order chi connectivity index (χ0) is 24.0. The third-order valence-corrected chi connectivity index (χ3v) is 5.66. The van der Waals surface area contributed by atoms with E-state index in [4.69, 9.17) is 9.47 Å². The van der Waals surface area contributed by atoms with E-state index in [9.17, 15) is 20.3 Å². The Morgan fingerprint density at radius 3 is 2.59 bits per heavy atom. The predicted molar refractivity (Wildman–Crippen MR) is 117 cm³/mol. The maximum atomic E-state index is 10.9. The molecule has 0 saturated carbocycles. The van der Waals surface area contributed by atoms with E-state index in [2.05, 4.69) is 20.1 Å². The maximum absolute atomic E-state index is 10.9. The van der Waals surface area contributed by atoms with E-state index in [0.717, 1.165) is 0 Å². The summed E-state index contributed by atoms with van der Waals surface area (Å²) in [5.41, 5.74) is 2.01. The molecule has 0 bridgehead atoms. The lowest BCUT2D eigenvalue weighted by Gasteiger charge is -2.19. The molecule has 4 aromatic rings. The van der Waals surface area contributed by atoms with Crippen LogP contribution in [0.3, 0.4) is 0 Å². The van der Waals surface area contributed by atoms with Crippen molar-refractivity contribution >= 4 is 16.9 Å². The number of hydrogen-bond acceptors (Lipinski definition) is 10. The summed E-state index contributed by atoms with van der Waals surface area (Å²) in [5, 5.41) is 36.0. The summed E-state index contributed by atoms with van der Waals surface area (Å²) in [6, 6.07) is 5.99. The summed E-state index contributed by atoms with van der Waals surface area (Å²) in [4.78, 5) is 23.6. The Balaban J connectivity index is 1.55. The maximum Gasteiger partial charge on any atom is 0.269 e. The number of benzene rings is 1. The van der Waals surface area contributed by atoms with Crippen LogP contribution in [0.5, 0.6) is 5.88 Å². The first-order valence-corrected chi connectivity index (χ1v) is 10.4. The van der Waals surface area contributed by atoms with Gasteiger partial charge in [0.1, 0.15) is 31.0 Å². The molecule has 13 nitrogen and oxygen atoms in total. The molecule has 0 radical (unpaired) electrons. The summed E-state index contributed by atoms with van der Waals surface area (Å²) in [7, 11) is 1.77. The van der Waals surface area contributed by atoms with Crippen LogP contribution in [-0.4, -0.2) is 62.7 Å². The van der Waals surface area contributed by atoms with Crippen molar-refractivity contribution in [3.05, 3.63) is 58.7 Å². The molecular weight excluding hydrogens is 446 g/mol. The molecule has 2 N–H and O–H groups in total. The molecule has 5 rings (SSSR count). The molecule has 0 amide bonds. The van der Waals surface area contributed by atoms with Crippen molar-refractivity contribution in [3.8, 4) is 17.3 Å². The van der Waals surface area contributed by atoms with E-state index >= 15 is 0 Å². The number of aromatic nitrogens is 6. The van der Waals surface area contributed by atoms with E-state index in [-0.39, 0.29) is 18.2 Å². The van der Waals surface area contributed by atoms with Crippen molar-refractivity contribution in [1.82, 2.24) is 29.3 Å². The van der Waals surface area contributed by atoms with Crippen molar-refractivity contribution in [3.63, 3.8) is 0 Å². The minimum Gasteiger partial charge on any atom is -0.471 e. The van der Waals surface area contributed by atoms with Gasteiger partial charge in [-0.25, -0.2) is 9.97 Å². The van der Waals surface area contributed by atoms with Crippen molar-refractivity contribution < 1.29 is 24.6 Å². The van der Waals surface area contributed by atoms with Gasteiger partial charge in [-0.15, -0.1) is 0 Å². The Hall–Kier alpha value is -3.94.